The molecule has 0 radical (unpaired) electrons. The molecular weight excluding hydrogens is 498 g/mol. The third-order valence-electron chi connectivity index (χ3n) is 6.61. The van der Waals surface area contributed by atoms with Gasteiger partial charge in [0, 0.05) is 29.2 Å². The summed E-state index contributed by atoms with van der Waals surface area (Å²) < 4.78 is 27.9. The van der Waals surface area contributed by atoms with Gasteiger partial charge >= 0.3 is 0 Å². The maximum Gasteiger partial charge on any atom is 0.298 e. The number of alkyl halides is 2. The molecule has 1 heterocycles. The van der Waals surface area contributed by atoms with Crippen molar-refractivity contribution in [1.29, 1.82) is 0 Å². The molecule has 0 saturated heterocycles. The Morgan fingerprint density at radius 1 is 0.949 bits per heavy atom. The highest BCUT2D eigenvalue weighted by molar-refractivity contribution is 5.92. The van der Waals surface area contributed by atoms with E-state index >= 15 is 0 Å². The number of hydrogen-bond acceptors (Lipinski definition) is 5. The van der Waals surface area contributed by atoms with Crippen molar-refractivity contribution in [2.24, 2.45) is 0 Å². The second-order valence-corrected chi connectivity index (χ2v) is 9.78. The highest BCUT2D eigenvalue weighted by Crippen LogP contribution is 2.32. The molecule has 4 rings (SSSR count). The summed E-state index contributed by atoms with van der Waals surface area (Å²) in [5.41, 5.74) is 6.03. The predicted octanol–water partition coefficient (Wildman–Crippen LogP) is 6.59. The van der Waals surface area contributed by atoms with Crippen molar-refractivity contribution >= 4 is 17.4 Å². The van der Waals surface area contributed by atoms with Crippen LogP contribution >= 0.6 is 0 Å². The Morgan fingerprint density at radius 3 is 2.26 bits per heavy atom. The maximum absolute atomic E-state index is 14.0. The lowest BCUT2D eigenvalue weighted by atomic mass is 10.00. The van der Waals surface area contributed by atoms with Crippen molar-refractivity contribution in [2.75, 3.05) is 10.6 Å². The number of aliphatic hydroxyl groups is 1. The molecule has 0 aliphatic rings. The number of amides is 1. The summed E-state index contributed by atoms with van der Waals surface area (Å²) >= 11 is 0. The molecule has 3 aromatic carbocycles. The molecule has 0 bridgehead atoms. The number of rotatable bonds is 9. The van der Waals surface area contributed by atoms with E-state index in [9.17, 15) is 18.7 Å². The molecule has 8 heteroatoms. The Kier molecular flexibility index (Phi) is 8.35. The molecule has 0 aliphatic carbocycles. The number of benzene rings is 3. The lowest BCUT2D eigenvalue weighted by Crippen LogP contribution is -2.27. The standard InChI is InChI=1S/C31H32F2N4O2/c1-19-5-14-27(20(2)17-19)21(3)36-30-29(34-15-16-35-30)24-8-12-26(13-9-24)37-28(39)18-23-6-10-25(11-7-23)31(32,33)22(4)38/h5-17,21-22,38H,18H2,1-4H3,(H,35,36)(H,37,39). The molecule has 39 heavy (non-hydrogen) atoms. The van der Waals surface area contributed by atoms with Crippen molar-refractivity contribution in [2.45, 2.75) is 52.2 Å². The average molecular weight is 531 g/mol. The smallest absolute Gasteiger partial charge is 0.298 e. The summed E-state index contributed by atoms with van der Waals surface area (Å²) in [6, 6.07) is 19.1. The zero-order valence-corrected chi connectivity index (χ0v) is 22.4. The van der Waals surface area contributed by atoms with E-state index in [4.69, 9.17) is 0 Å². The topological polar surface area (TPSA) is 87.1 Å². The van der Waals surface area contributed by atoms with E-state index in [1.54, 1.807) is 24.5 Å². The second kappa shape index (κ2) is 11.7. The largest absolute Gasteiger partial charge is 0.387 e. The third kappa shape index (κ3) is 6.64. The summed E-state index contributed by atoms with van der Waals surface area (Å²) in [5.74, 6) is -2.97. The minimum atomic E-state index is -3.35. The molecule has 3 N–H and O–H groups in total. The number of carbonyl (C=O) groups is 1. The van der Waals surface area contributed by atoms with Crippen LogP contribution in [0.4, 0.5) is 20.3 Å². The van der Waals surface area contributed by atoms with Gasteiger partial charge in [-0.2, -0.15) is 8.78 Å². The summed E-state index contributed by atoms with van der Waals surface area (Å²) in [7, 11) is 0. The Morgan fingerprint density at radius 2 is 1.62 bits per heavy atom. The molecule has 1 aromatic heterocycles. The van der Waals surface area contributed by atoms with E-state index in [-0.39, 0.29) is 23.9 Å². The van der Waals surface area contributed by atoms with Gasteiger partial charge in [-0.25, -0.2) is 4.98 Å². The van der Waals surface area contributed by atoms with Crippen LogP contribution in [0.5, 0.6) is 0 Å². The van der Waals surface area contributed by atoms with Crippen LogP contribution in [0.15, 0.2) is 79.1 Å². The highest BCUT2D eigenvalue weighted by Gasteiger charge is 2.37. The highest BCUT2D eigenvalue weighted by atomic mass is 19.3. The van der Waals surface area contributed by atoms with Crippen LogP contribution in [-0.4, -0.2) is 27.1 Å². The summed E-state index contributed by atoms with van der Waals surface area (Å²) in [4.78, 5) is 21.6. The van der Waals surface area contributed by atoms with Crippen molar-refractivity contribution in [3.05, 3.63) is 107 Å². The first-order valence-electron chi connectivity index (χ1n) is 12.7. The fourth-order valence-corrected chi connectivity index (χ4v) is 4.44. The molecule has 4 aromatic rings. The van der Waals surface area contributed by atoms with E-state index in [0.717, 1.165) is 12.5 Å². The number of halogens is 2. The van der Waals surface area contributed by atoms with E-state index in [0.29, 0.717) is 22.8 Å². The molecule has 202 valence electrons. The van der Waals surface area contributed by atoms with Crippen LogP contribution in [-0.2, 0) is 17.1 Å². The number of anilines is 2. The monoisotopic (exact) mass is 530 g/mol. The molecule has 6 nitrogen and oxygen atoms in total. The first kappa shape index (κ1) is 27.9. The minimum absolute atomic E-state index is 0.0203. The van der Waals surface area contributed by atoms with Gasteiger partial charge in [-0.05, 0) is 56.5 Å². The van der Waals surface area contributed by atoms with Crippen LogP contribution in [0.1, 0.15) is 47.7 Å². The lowest BCUT2D eigenvalue weighted by molar-refractivity contribution is -0.115. The van der Waals surface area contributed by atoms with Gasteiger partial charge in [0.25, 0.3) is 5.92 Å². The molecule has 2 atom stereocenters. The number of aryl methyl sites for hydroxylation is 2. The lowest BCUT2D eigenvalue weighted by Gasteiger charge is -2.19. The number of carbonyl (C=O) groups excluding carboxylic acids is 1. The summed E-state index contributed by atoms with van der Waals surface area (Å²) in [6.07, 6.45) is 1.51. The predicted molar refractivity (Wildman–Crippen MR) is 150 cm³/mol. The van der Waals surface area contributed by atoms with Crippen LogP contribution in [0, 0.1) is 13.8 Å². The van der Waals surface area contributed by atoms with Gasteiger partial charge in [0.05, 0.1) is 12.5 Å². The Labute approximate surface area is 227 Å². The van der Waals surface area contributed by atoms with E-state index in [1.807, 2.05) is 12.1 Å². The van der Waals surface area contributed by atoms with Crippen LogP contribution in [0.25, 0.3) is 11.3 Å². The number of nitrogens with one attached hydrogen (secondary N) is 2. The fraction of sp³-hybridized carbons (Fsp3) is 0.258. The van der Waals surface area contributed by atoms with Gasteiger partial charge in [0.1, 0.15) is 11.8 Å². The fourth-order valence-electron chi connectivity index (χ4n) is 4.44. The van der Waals surface area contributed by atoms with Crippen molar-refractivity contribution in [3.63, 3.8) is 0 Å². The second-order valence-electron chi connectivity index (χ2n) is 9.78. The van der Waals surface area contributed by atoms with E-state index < -0.39 is 12.0 Å². The molecule has 2 unspecified atom stereocenters. The van der Waals surface area contributed by atoms with Crippen LogP contribution in [0.2, 0.25) is 0 Å². The quantitative estimate of drug-likeness (QED) is 0.227. The molecule has 0 fully saturated rings. The zero-order chi connectivity index (χ0) is 28.2. The first-order chi connectivity index (χ1) is 18.5. The number of nitrogens with zero attached hydrogens (tertiary/aromatic N) is 2. The number of hydrogen-bond donors (Lipinski definition) is 3. The third-order valence-corrected chi connectivity index (χ3v) is 6.61. The minimum Gasteiger partial charge on any atom is -0.387 e. The Balaban J connectivity index is 1.42. The molecule has 1 amide bonds. The molecule has 0 aliphatic heterocycles. The maximum atomic E-state index is 14.0. The molecule has 0 saturated carbocycles. The Hall–Kier alpha value is -4.17. The van der Waals surface area contributed by atoms with Crippen molar-refractivity contribution in [1.82, 2.24) is 9.97 Å². The summed E-state index contributed by atoms with van der Waals surface area (Å²) in [5, 5.41) is 15.6. The number of aromatic nitrogens is 2. The average Bonchev–Trinajstić information content (AvgIpc) is 2.89. The Bertz CT molecular complexity index is 1440. The first-order valence-corrected chi connectivity index (χ1v) is 12.7. The van der Waals surface area contributed by atoms with Crippen molar-refractivity contribution in [3.8, 4) is 11.3 Å². The number of aliphatic hydroxyl groups excluding tert-OH is 1. The summed E-state index contributed by atoms with van der Waals surface area (Å²) in [6.45, 7) is 7.29. The SMILES string of the molecule is Cc1ccc(C(C)Nc2nccnc2-c2ccc(NC(=O)Cc3ccc(C(F)(F)C(C)O)cc3)cc2)c(C)c1. The molecular formula is C31H32F2N4O2. The van der Waals surface area contributed by atoms with Crippen molar-refractivity contribution < 1.29 is 18.7 Å². The zero-order valence-electron chi connectivity index (χ0n) is 22.4. The van der Waals surface area contributed by atoms with Gasteiger partial charge in [-0.3, -0.25) is 9.78 Å². The normalized spacial score (nSPS) is 13.0. The van der Waals surface area contributed by atoms with Crippen LogP contribution < -0.4 is 10.6 Å². The van der Waals surface area contributed by atoms with E-state index in [2.05, 4.69) is 59.6 Å². The van der Waals surface area contributed by atoms with E-state index in [1.165, 1.54) is 41.0 Å². The van der Waals surface area contributed by atoms with Gasteiger partial charge in [0.15, 0.2) is 5.82 Å². The van der Waals surface area contributed by atoms with Gasteiger partial charge in [0.2, 0.25) is 5.91 Å². The molecule has 0 spiro atoms. The van der Waals surface area contributed by atoms with Gasteiger partial charge in [-0.15, -0.1) is 0 Å². The van der Waals surface area contributed by atoms with Gasteiger partial charge < -0.3 is 15.7 Å². The van der Waals surface area contributed by atoms with Crippen LogP contribution in [0.3, 0.4) is 0 Å². The van der Waals surface area contributed by atoms with Gasteiger partial charge in [-0.1, -0.05) is 60.2 Å².